The Bertz CT molecular complexity index is 1140. The summed E-state index contributed by atoms with van der Waals surface area (Å²) in [4.78, 5) is 32.2. The lowest BCUT2D eigenvalue weighted by molar-refractivity contribution is -0.129. The van der Waals surface area contributed by atoms with Crippen molar-refractivity contribution in [1.82, 2.24) is 20.4 Å². The maximum absolute atomic E-state index is 13.2. The van der Waals surface area contributed by atoms with Crippen LogP contribution in [0.25, 0.3) is 0 Å². The van der Waals surface area contributed by atoms with Gasteiger partial charge in [-0.25, -0.2) is 0 Å². The molecule has 8 heteroatoms. The lowest BCUT2D eigenvalue weighted by atomic mass is 9.62. The molecule has 0 radical (unpaired) electrons. The van der Waals surface area contributed by atoms with Crippen LogP contribution >= 0.6 is 0 Å². The molecule has 2 aliphatic rings. The Morgan fingerprint density at radius 2 is 2.09 bits per heavy atom. The normalized spacial score (nSPS) is 19.0. The number of aromatic nitrogens is 2. The van der Waals surface area contributed by atoms with Gasteiger partial charge in [-0.3, -0.25) is 14.6 Å². The molecular formula is C25H28N4O4. The molecule has 1 saturated carbocycles. The lowest BCUT2D eigenvalue weighted by Crippen LogP contribution is -2.45. The van der Waals surface area contributed by atoms with Crippen LogP contribution in [0.5, 0.6) is 0 Å². The molecule has 1 atom stereocenters. The first-order valence-corrected chi connectivity index (χ1v) is 11.4. The summed E-state index contributed by atoms with van der Waals surface area (Å²) in [6.07, 6.45) is 7.02. The van der Waals surface area contributed by atoms with Crippen molar-refractivity contribution in [1.29, 1.82) is 0 Å². The SMILES string of the molecule is Cc1noc(C)c1Cc1ccc(C(=O)N2CC(C(=O)NCc3cccnc3)C3(CCC3)C2)o1. The largest absolute Gasteiger partial charge is 0.456 e. The van der Waals surface area contributed by atoms with Gasteiger partial charge in [-0.2, -0.15) is 0 Å². The molecule has 0 aromatic carbocycles. The Labute approximate surface area is 192 Å². The van der Waals surface area contributed by atoms with E-state index in [1.54, 1.807) is 23.4 Å². The van der Waals surface area contributed by atoms with Crippen LogP contribution in [0, 0.1) is 25.2 Å². The highest BCUT2D eigenvalue weighted by Crippen LogP contribution is 2.52. The number of nitrogens with one attached hydrogen (secondary N) is 1. The minimum absolute atomic E-state index is 0.00685. The molecule has 1 spiro atoms. The molecule has 1 saturated heterocycles. The standard InChI is InChI=1S/C25H28N4O4/c1-16-20(17(2)33-28-16)11-19-6-7-22(32-19)24(31)29-14-21(25(15-29)8-4-9-25)23(30)27-13-18-5-3-10-26-12-18/h3,5-7,10,12,21H,4,8-9,11,13-15H2,1-2H3,(H,27,30). The summed E-state index contributed by atoms with van der Waals surface area (Å²) in [6, 6.07) is 7.34. The van der Waals surface area contributed by atoms with Crippen LogP contribution < -0.4 is 5.32 Å². The highest BCUT2D eigenvalue weighted by atomic mass is 16.5. The number of nitrogens with zero attached hydrogens (tertiary/aromatic N) is 3. The second kappa shape index (κ2) is 8.50. The number of hydrogen-bond donors (Lipinski definition) is 1. The lowest BCUT2D eigenvalue weighted by Gasteiger charge is -2.41. The van der Waals surface area contributed by atoms with Gasteiger partial charge in [0.1, 0.15) is 11.5 Å². The summed E-state index contributed by atoms with van der Waals surface area (Å²) in [6.45, 7) is 5.21. The monoisotopic (exact) mass is 448 g/mol. The molecule has 4 heterocycles. The quantitative estimate of drug-likeness (QED) is 0.620. The Balaban J connectivity index is 1.26. The molecular weight excluding hydrogens is 420 g/mol. The number of carbonyl (C=O) groups is 2. The van der Waals surface area contributed by atoms with Crippen molar-refractivity contribution in [3.8, 4) is 0 Å². The van der Waals surface area contributed by atoms with Gasteiger partial charge >= 0.3 is 0 Å². The van der Waals surface area contributed by atoms with Crippen LogP contribution in [-0.4, -0.2) is 39.9 Å². The van der Waals surface area contributed by atoms with Crippen molar-refractivity contribution in [3.63, 3.8) is 0 Å². The second-order valence-corrected chi connectivity index (χ2v) is 9.28. The van der Waals surface area contributed by atoms with Gasteiger partial charge in [-0.05, 0) is 50.5 Å². The third-order valence-corrected chi connectivity index (χ3v) is 7.20. The van der Waals surface area contributed by atoms with Gasteiger partial charge in [0.05, 0.1) is 11.6 Å². The maximum atomic E-state index is 13.2. The van der Waals surface area contributed by atoms with Gasteiger partial charge in [-0.1, -0.05) is 17.6 Å². The first kappa shape index (κ1) is 21.4. The van der Waals surface area contributed by atoms with Crippen molar-refractivity contribution in [2.75, 3.05) is 13.1 Å². The zero-order chi connectivity index (χ0) is 23.0. The summed E-state index contributed by atoms with van der Waals surface area (Å²) >= 11 is 0. The van der Waals surface area contributed by atoms with Gasteiger partial charge in [0.2, 0.25) is 5.91 Å². The first-order chi connectivity index (χ1) is 15.9. The van der Waals surface area contributed by atoms with Gasteiger partial charge in [0, 0.05) is 49.4 Å². The van der Waals surface area contributed by atoms with Crippen LogP contribution in [0.2, 0.25) is 0 Å². The number of furan rings is 1. The van der Waals surface area contributed by atoms with Gasteiger partial charge < -0.3 is 19.2 Å². The van der Waals surface area contributed by atoms with Crippen molar-refractivity contribution in [2.45, 2.75) is 46.1 Å². The van der Waals surface area contributed by atoms with E-state index < -0.39 is 0 Å². The fourth-order valence-corrected chi connectivity index (χ4v) is 5.11. The maximum Gasteiger partial charge on any atom is 0.289 e. The number of likely N-dealkylation sites (tertiary alicyclic amines) is 1. The van der Waals surface area contributed by atoms with E-state index in [9.17, 15) is 9.59 Å². The average Bonchev–Trinajstić information content (AvgIpc) is 3.51. The Hall–Kier alpha value is -3.42. The molecule has 0 bridgehead atoms. The van der Waals surface area contributed by atoms with E-state index in [0.29, 0.717) is 37.6 Å². The first-order valence-electron chi connectivity index (χ1n) is 11.4. The number of rotatable bonds is 6. The fourth-order valence-electron chi connectivity index (χ4n) is 5.11. The zero-order valence-electron chi connectivity index (χ0n) is 19.0. The van der Waals surface area contributed by atoms with Crippen LogP contribution in [0.3, 0.4) is 0 Å². The molecule has 5 rings (SSSR count). The highest BCUT2D eigenvalue weighted by Gasteiger charge is 2.54. The second-order valence-electron chi connectivity index (χ2n) is 9.28. The van der Waals surface area contributed by atoms with E-state index >= 15 is 0 Å². The van der Waals surface area contributed by atoms with Gasteiger partial charge in [0.25, 0.3) is 5.91 Å². The average molecular weight is 449 g/mol. The van der Waals surface area contributed by atoms with Crippen LogP contribution in [0.1, 0.15) is 58.2 Å². The Kier molecular flexibility index (Phi) is 5.52. The smallest absolute Gasteiger partial charge is 0.289 e. The summed E-state index contributed by atoms with van der Waals surface area (Å²) in [7, 11) is 0. The van der Waals surface area contributed by atoms with Crippen molar-refractivity contribution >= 4 is 11.8 Å². The van der Waals surface area contributed by atoms with E-state index in [2.05, 4.69) is 15.5 Å². The molecule has 8 nitrogen and oxygen atoms in total. The highest BCUT2D eigenvalue weighted by molar-refractivity contribution is 5.93. The predicted molar refractivity (Wildman–Crippen MR) is 119 cm³/mol. The number of carbonyl (C=O) groups excluding carboxylic acids is 2. The third kappa shape index (κ3) is 4.05. The summed E-state index contributed by atoms with van der Waals surface area (Å²) in [5.41, 5.74) is 2.63. The van der Waals surface area contributed by atoms with Crippen molar-refractivity contribution in [3.05, 3.63) is 70.8 Å². The minimum Gasteiger partial charge on any atom is -0.456 e. The molecule has 33 heavy (non-hydrogen) atoms. The molecule has 3 aromatic heterocycles. The van der Waals surface area contributed by atoms with Crippen molar-refractivity contribution in [2.24, 2.45) is 11.3 Å². The summed E-state index contributed by atoms with van der Waals surface area (Å²) in [5.74, 6) is 1.40. The molecule has 1 unspecified atom stereocenters. The van der Waals surface area contributed by atoms with Crippen LogP contribution in [0.4, 0.5) is 0 Å². The summed E-state index contributed by atoms with van der Waals surface area (Å²) < 4.78 is 11.1. The van der Waals surface area contributed by atoms with E-state index in [1.165, 1.54) is 0 Å². The number of hydrogen-bond acceptors (Lipinski definition) is 6. The number of aryl methyl sites for hydroxylation is 2. The number of pyridine rings is 1. The van der Waals surface area contributed by atoms with Crippen LogP contribution in [-0.2, 0) is 17.8 Å². The molecule has 1 aliphatic carbocycles. The molecule has 1 aliphatic heterocycles. The fraction of sp³-hybridized carbons (Fsp3) is 0.440. The summed E-state index contributed by atoms with van der Waals surface area (Å²) in [5, 5.41) is 7.02. The topological polar surface area (TPSA) is 101 Å². The zero-order valence-corrected chi connectivity index (χ0v) is 19.0. The molecule has 1 N–H and O–H groups in total. The van der Waals surface area contributed by atoms with E-state index in [4.69, 9.17) is 8.94 Å². The third-order valence-electron chi connectivity index (χ3n) is 7.20. The van der Waals surface area contributed by atoms with Crippen molar-refractivity contribution < 1.29 is 18.5 Å². The van der Waals surface area contributed by atoms with E-state index in [-0.39, 0.29) is 23.1 Å². The predicted octanol–water partition coefficient (Wildman–Crippen LogP) is 3.43. The molecule has 2 fully saturated rings. The van der Waals surface area contributed by atoms with E-state index in [0.717, 1.165) is 41.8 Å². The minimum atomic E-state index is -0.205. The number of amides is 2. The molecule has 2 amide bonds. The van der Waals surface area contributed by atoms with Gasteiger partial charge in [0.15, 0.2) is 5.76 Å². The molecule has 172 valence electrons. The Morgan fingerprint density at radius 1 is 1.24 bits per heavy atom. The Morgan fingerprint density at radius 3 is 2.76 bits per heavy atom. The van der Waals surface area contributed by atoms with Gasteiger partial charge in [-0.15, -0.1) is 0 Å². The van der Waals surface area contributed by atoms with E-state index in [1.807, 2.05) is 32.0 Å². The molecule has 3 aromatic rings. The van der Waals surface area contributed by atoms with Crippen LogP contribution in [0.15, 0.2) is 45.6 Å².